The number of carbonyl (C=O) groups is 1. The molecule has 19 heavy (non-hydrogen) atoms. The maximum Gasteiger partial charge on any atom is 0.323 e. The number of carbonyl (C=O) groups excluding carboxylic acids is 1. The fourth-order valence-corrected chi connectivity index (χ4v) is 2.51. The lowest BCUT2D eigenvalue weighted by atomic mass is 10.1. The SMILES string of the molecule is COC(=O)C1CC(O)CN1Cc1cccc(F)c1Cl. The molecule has 0 radical (unpaired) electrons. The van der Waals surface area contributed by atoms with E-state index < -0.39 is 23.9 Å². The zero-order valence-electron chi connectivity index (χ0n) is 10.5. The molecule has 2 rings (SSSR count). The number of likely N-dealkylation sites (tertiary alicyclic amines) is 1. The van der Waals surface area contributed by atoms with Crippen LogP contribution < -0.4 is 0 Å². The van der Waals surface area contributed by atoms with E-state index in [1.165, 1.54) is 13.2 Å². The molecule has 4 nitrogen and oxygen atoms in total. The van der Waals surface area contributed by atoms with Gasteiger partial charge in [-0.2, -0.15) is 0 Å². The molecule has 1 aliphatic heterocycles. The van der Waals surface area contributed by atoms with Crippen molar-refractivity contribution >= 4 is 17.6 Å². The molecule has 6 heteroatoms. The Kier molecular flexibility index (Phi) is 4.39. The van der Waals surface area contributed by atoms with Crippen LogP contribution in [-0.2, 0) is 16.1 Å². The minimum Gasteiger partial charge on any atom is -0.468 e. The molecule has 1 heterocycles. The van der Waals surface area contributed by atoms with E-state index in [4.69, 9.17) is 16.3 Å². The van der Waals surface area contributed by atoms with E-state index in [2.05, 4.69) is 0 Å². The van der Waals surface area contributed by atoms with Crippen LogP contribution in [-0.4, -0.2) is 41.8 Å². The predicted octanol–water partition coefficient (Wildman–Crippen LogP) is 1.59. The van der Waals surface area contributed by atoms with Gasteiger partial charge in [-0.05, 0) is 11.6 Å². The Morgan fingerprint density at radius 1 is 1.63 bits per heavy atom. The summed E-state index contributed by atoms with van der Waals surface area (Å²) in [5.74, 6) is -0.891. The Morgan fingerprint density at radius 2 is 2.37 bits per heavy atom. The van der Waals surface area contributed by atoms with Gasteiger partial charge in [-0.1, -0.05) is 23.7 Å². The first-order valence-corrected chi connectivity index (χ1v) is 6.33. The van der Waals surface area contributed by atoms with Crippen molar-refractivity contribution in [2.24, 2.45) is 0 Å². The third-order valence-electron chi connectivity index (χ3n) is 3.26. The van der Waals surface area contributed by atoms with Crippen molar-refractivity contribution in [3.05, 3.63) is 34.6 Å². The number of β-amino-alcohol motifs (C(OH)–C–C–N with tert-alkyl or cyclic N) is 1. The molecule has 1 N–H and O–H groups in total. The standard InChI is InChI=1S/C13H15ClFNO3/c1-19-13(18)11-5-9(17)7-16(11)6-8-3-2-4-10(15)12(8)14/h2-4,9,11,17H,5-7H2,1H3. The van der Waals surface area contributed by atoms with Crippen LogP contribution >= 0.6 is 11.6 Å². The Bertz CT molecular complexity index is 483. The number of hydrogen-bond acceptors (Lipinski definition) is 4. The molecule has 104 valence electrons. The molecule has 0 aromatic heterocycles. The third-order valence-corrected chi connectivity index (χ3v) is 3.68. The summed E-state index contributed by atoms with van der Waals surface area (Å²) in [5.41, 5.74) is 0.588. The van der Waals surface area contributed by atoms with Crippen LogP contribution in [0.5, 0.6) is 0 Å². The monoisotopic (exact) mass is 287 g/mol. The molecule has 1 aromatic rings. The first-order valence-electron chi connectivity index (χ1n) is 5.95. The topological polar surface area (TPSA) is 49.8 Å². The van der Waals surface area contributed by atoms with E-state index in [0.717, 1.165) is 0 Å². The highest BCUT2D eigenvalue weighted by atomic mass is 35.5. The maximum atomic E-state index is 13.4. The molecule has 0 amide bonds. The van der Waals surface area contributed by atoms with Gasteiger partial charge >= 0.3 is 5.97 Å². The molecule has 1 saturated heterocycles. The lowest BCUT2D eigenvalue weighted by Gasteiger charge is -2.22. The van der Waals surface area contributed by atoms with E-state index in [-0.39, 0.29) is 5.02 Å². The number of halogens is 2. The highest BCUT2D eigenvalue weighted by Crippen LogP contribution is 2.26. The van der Waals surface area contributed by atoms with Crippen molar-refractivity contribution < 1.29 is 19.0 Å². The van der Waals surface area contributed by atoms with Crippen molar-refractivity contribution in [3.8, 4) is 0 Å². The average molecular weight is 288 g/mol. The summed E-state index contributed by atoms with van der Waals surface area (Å²) in [5, 5.41) is 9.71. The van der Waals surface area contributed by atoms with Crippen molar-refractivity contribution in [1.82, 2.24) is 4.90 Å². The largest absolute Gasteiger partial charge is 0.468 e. The van der Waals surface area contributed by atoms with Gasteiger partial charge in [0.1, 0.15) is 11.9 Å². The van der Waals surface area contributed by atoms with Crippen LogP contribution in [0, 0.1) is 5.82 Å². The number of ether oxygens (including phenoxy) is 1. The van der Waals surface area contributed by atoms with Gasteiger partial charge in [0.25, 0.3) is 0 Å². The second-order valence-electron chi connectivity index (χ2n) is 4.57. The number of hydrogen-bond donors (Lipinski definition) is 1. The number of esters is 1. The number of nitrogens with zero attached hydrogens (tertiary/aromatic N) is 1. The maximum absolute atomic E-state index is 13.4. The number of methoxy groups -OCH3 is 1. The first-order chi connectivity index (χ1) is 9.02. The van der Waals surface area contributed by atoms with Gasteiger partial charge in [0.2, 0.25) is 0 Å². The average Bonchev–Trinajstić information content (AvgIpc) is 2.75. The summed E-state index contributed by atoms with van der Waals surface area (Å²) < 4.78 is 18.1. The highest BCUT2D eigenvalue weighted by Gasteiger charge is 2.36. The van der Waals surface area contributed by atoms with Gasteiger partial charge in [0.15, 0.2) is 0 Å². The van der Waals surface area contributed by atoms with Crippen LogP contribution in [0.2, 0.25) is 5.02 Å². The minimum atomic E-state index is -0.587. The van der Waals surface area contributed by atoms with Gasteiger partial charge in [0, 0.05) is 19.5 Å². The van der Waals surface area contributed by atoms with E-state index in [1.54, 1.807) is 17.0 Å². The van der Waals surface area contributed by atoms with Crippen molar-refractivity contribution in [1.29, 1.82) is 0 Å². The number of rotatable bonds is 3. The highest BCUT2D eigenvalue weighted by molar-refractivity contribution is 6.31. The van der Waals surface area contributed by atoms with Crippen molar-refractivity contribution in [2.75, 3.05) is 13.7 Å². The van der Waals surface area contributed by atoms with E-state index in [1.807, 2.05) is 0 Å². The molecule has 2 atom stereocenters. The van der Waals surface area contributed by atoms with Crippen LogP contribution in [0.3, 0.4) is 0 Å². The Balaban J connectivity index is 2.17. The van der Waals surface area contributed by atoms with E-state index >= 15 is 0 Å². The Morgan fingerprint density at radius 3 is 3.05 bits per heavy atom. The fourth-order valence-electron chi connectivity index (χ4n) is 2.32. The Hall–Kier alpha value is -1.17. The summed E-state index contributed by atoms with van der Waals surface area (Å²) in [7, 11) is 1.31. The van der Waals surface area contributed by atoms with Gasteiger partial charge in [-0.3, -0.25) is 9.69 Å². The molecule has 1 aliphatic rings. The van der Waals surface area contributed by atoms with Gasteiger partial charge in [0.05, 0.1) is 18.2 Å². The summed E-state index contributed by atoms with van der Waals surface area (Å²) in [4.78, 5) is 13.4. The molecule has 1 fully saturated rings. The molecule has 1 aromatic carbocycles. The molecule has 0 saturated carbocycles. The van der Waals surface area contributed by atoms with Crippen LogP contribution in [0.15, 0.2) is 18.2 Å². The van der Waals surface area contributed by atoms with E-state index in [0.29, 0.717) is 25.1 Å². The fraction of sp³-hybridized carbons (Fsp3) is 0.462. The number of aliphatic hydroxyl groups is 1. The summed E-state index contributed by atoms with van der Waals surface area (Å²) >= 11 is 5.89. The summed E-state index contributed by atoms with van der Waals surface area (Å²) in [6.45, 7) is 0.639. The molecule has 0 aliphatic carbocycles. The molecule has 0 bridgehead atoms. The lowest BCUT2D eigenvalue weighted by Crippen LogP contribution is -2.36. The second kappa shape index (κ2) is 5.86. The predicted molar refractivity (Wildman–Crippen MR) is 68.2 cm³/mol. The lowest BCUT2D eigenvalue weighted by molar-refractivity contribution is -0.146. The molecular formula is C13H15ClFNO3. The minimum absolute atomic E-state index is 0.0486. The number of benzene rings is 1. The van der Waals surface area contributed by atoms with Crippen LogP contribution in [0.1, 0.15) is 12.0 Å². The smallest absolute Gasteiger partial charge is 0.323 e. The molecular weight excluding hydrogens is 273 g/mol. The zero-order valence-corrected chi connectivity index (χ0v) is 11.2. The summed E-state index contributed by atoms with van der Waals surface area (Å²) in [6, 6.07) is 4.03. The zero-order chi connectivity index (χ0) is 14.0. The van der Waals surface area contributed by atoms with Gasteiger partial charge in [-0.25, -0.2) is 4.39 Å². The van der Waals surface area contributed by atoms with Crippen molar-refractivity contribution in [3.63, 3.8) is 0 Å². The summed E-state index contributed by atoms with van der Waals surface area (Å²) in [6.07, 6.45) is -0.268. The number of aliphatic hydroxyl groups excluding tert-OH is 1. The van der Waals surface area contributed by atoms with E-state index in [9.17, 15) is 14.3 Å². The molecule has 0 spiro atoms. The Labute approximate surface area is 115 Å². The van der Waals surface area contributed by atoms with Crippen molar-refractivity contribution in [2.45, 2.75) is 25.1 Å². The normalized spacial score (nSPS) is 23.6. The van der Waals surface area contributed by atoms with Crippen LogP contribution in [0.25, 0.3) is 0 Å². The third kappa shape index (κ3) is 3.05. The second-order valence-corrected chi connectivity index (χ2v) is 4.95. The van der Waals surface area contributed by atoms with Crippen LogP contribution in [0.4, 0.5) is 4.39 Å². The quantitative estimate of drug-likeness (QED) is 0.858. The first kappa shape index (κ1) is 14.2. The van der Waals surface area contributed by atoms with Gasteiger partial charge in [-0.15, -0.1) is 0 Å². The van der Waals surface area contributed by atoms with Gasteiger partial charge < -0.3 is 9.84 Å². The molecule has 2 unspecified atom stereocenters.